The van der Waals surface area contributed by atoms with Crippen LogP contribution in [0.15, 0.2) is 24.5 Å². The van der Waals surface area contributed by atoms with Crippen molar-refractivity contribution in [1.82, 2.24) is 20.5 Å². The van der Waals surface area contributed by atoms with Gasteiger partial charge < -0.3 is 15.5 Å². The molecule has 20 heavy (non-hydrogen) atoms. The van der Waals surface area contributed by atoms with E-state index in [0.717, 1.165) is 5.56 Å². The Morgan fingerprint density at radius 3 is 2.70 bits per heavy atom. The van der Waals surface area contributed by atoms with Crippen LogP contribution in [-0.2, 0) is 11.3 Å². The van der Waals surface area contributed by atoms with Gasteiger partial charge in [-0.3, -0.25) is 9.78 Å². The van der Waals surface area contributed by atoms with Crippen molar-refractivity contribution in [2.45, 2.75) is 33.4 Å². The van der Waals surface area contributed by atoms with Gasteiger partial charge in [-0.15, -0.1) is 0 Å². The number of urea groups is 1. The van der Waals surface area contributed by atoms with E-state index in [9.17, 15) is 9.59 Å². The average Bonchev–Trinajstić information content (AvgIpc) is 2.37. The molecule has 0 aliphatic heterocycles. The molecule has 0 unspecified atom stereocenters. The van der Waals surface area contributed by atoms with Crippen molar-refractivity contribution in [3.05, 3.63) is 30.1 Å². The molecule has 1 heterocycles. The van der Waals surface area contributed by atoms with Crippen molar-refractivity contribution in [2.24, 2.45) is 0 Å². The van der Waals surface area contributed by atoms with E-state index in [4.69, 9.17) is 0 Å². The molecule has 0 atom stereocenters. The molecule has 0 fully saturated rings. The third-order valence-electron chi connectivity index (χ3n) is 2.63. The number of hydrogen-bond donors (Lipinski definition) is 2. The standard InChI is InChI=1S/C14H22N4O2/c1-11(2)17-14(20)16-7-8-18(12(3)19)10-13-5-4-6-15-9-13/h4-6,9,11H,7-8,10H2,1-3H3,(H2,16,17,20). The molecule has 110 valence electrons. The lowest BCUT2D eigenvalue weighted by Crippen LogP contribution is -2.43. The molecule has 0 radical (unpaired) electrons. The third kappa shape index (κ3) is 6.17. The van der Waals surface area contributed by atoms with Gasteiger partial charge in [-0.1, -0.05) is 6.07 Å². The molecule has 0 aliphatic carbocycles. The van der Waals surface area contributed by atoms with Crippen LogP contribution < -0.4 is 10.6 Å². The Bertz CT molecular complexity index is 434. The van der Waals surface area contributed by atoms with Crippen LogP contribution in [0, 0.1) is 0 Å². The molecular formula is C14H22N4O2. The van der Waals surface area contributed by atoms with Gasteiger partial charge in [0.05, 0.1) is 0 Å². The van der Waals surface area contributed by atoms with E-state index >= 15 is 0 Å². The minimum Gasteiger partial charge on any atom is -0.337 e. The number of pyridine rings is 1. The number of nitrogens with one attached hydrogen (secondary N) is 2. The van der Waals surface area contributed by atoms with Gasteiger partial charge in [-0.05, 0) is 25.5 Å². The van der Waals surface area contributed by atoms with Gasteiger partial charge in [0, 0.05) is 45.0 Å². The first-order valence-corrected chi connectivity index (χ1v) is 6.68. The summed E-state index contributed by atoms with van der Waals surface area (Å²) in [5, 5.41) is 5.46. The average molecular weight is 278 g/mol. The second-order valence-corrected chi connectivity index (χ2v) is 4.86. The van der Waals surface area contributed by atoms with Crippen LogP contribution in [0.5, 0.6) is 0 Å². The molecule has 0 saturated heterocycles. The molecule has 0 spiro atoms. The zero-order valence-corrected chi connectivity index (χ0v) is 12.2. The molecule has 6 heteroatoms. The Labute approximate surface area is 119 Å². The van der Waals surface area contributed by atoms with E-state index in [2.05, 4.69) is 15.6 Å². The van der Waals surface area contributed by atoms with Gasteiger partial charge >= 0.3 is 6.03 Å². The SMILES string of the molecule is CC(=O)N(CCNC(=O)NC(C)C)Cc1cccnc1. The summed E-state index contributed by atoms with van der Waals surface area (Å²) in [5.41, 5.74) is 0.967. The summed E-state index contributed by atoms with van der Waals surface area (Å²) in [5.74, 6) is -0.0279. The van der Waals surface area contributed by atoms with Crippen molar-refractivity contribution < 1.29 is 9.59 Å². The van der Waals surface area contributed by atoms with Gasteiger partial charge in [-0.25, -0.2) is 4.79 Å². The van der Waals surface area contributed by atoms with Gasteiger partial charge in [0.25, 0.3) is 0 Å². The van der Waals surface area contributed by atoms with Crippen LogP contribution in [0.2, 0.25) is 0 Å². The van der Waals surface area contributed by atoms with Gasteiger partial charge in [0.2, 0.25) is 5.91 Å². The Hall–Kier alpha value is -2.11. The quantitative estimate of drug-likeness (QED) is 0.819. The number of carbonyl (C=O) groups is 2. The largest absolute Gasteiger partial charge is 0.337 e. The topological polar surface area (TPSA) is 74.3 Å². The molecule has 1 rings (SSSR count). The maximum Gasteiger partial charge on any atom is 0.315 e. The van der Waals surface area contributed by atoms with E-state index in [-0.39, 0.29) is 18.0 Å². The second-order valence-electron chi connectivity index (χ2n) is 4.86. The first-order chi connectivity index (χ1) is 9.49. The van der Waals surface area contributed by atoms with E-state index in [1.165, 1.54) is 6.92 Å². The van der Waals surface area contributed by atoms with Crippen LogP contribution in [0.1, 0.15) is 26.3 Å². The first-order valence-electron chi connectivity index (χ1n) is 6.68. The summed E-state index contributed by atoms with van der Waals surface area (Å²) in [4.78, 5) is 28.7. The molecule has 2 N–H and O–H groups in total. The molecule has 0 bridgehead atoms. The fraction of sp³-hybridized carbons (Fsp3) is 0.500. The highest BCUT2D eigenvalue weighted by Gasteiger charge is 2.10. The Morgan fingerprint density at radius 2 is 2.15 bits per heavy atom. The van der Waals surface area contributed by atoms with E-state index < -0.39 is 0 Å². The summed E-state index contributed by atoms with van der Waals surface area (Å²) in [6.45, 7) is 6.68. The predicted octanol–water partition coefficient (Wildman–Crippen LogP) is 1.14. The summed E-state index contributed by atoms with van der Waals surface area (Å²) in [6.07, 6.45) is 3.42. The first kappa shape index (κ1) is 15.9. The van der Waals surface area contributed by atoms with Crippen molar-refractivity contribution in [3.63, 3.8) is 0 Å². The third-order valence-corrected chi connectivity index (χ3v) is 2.63. The molecule has 1 aromatic heterocycles. The summed E-state index contributed by atoms with van der Waals surface area (Å²) in [7, 11) is 0. The van der Waals surface area contributed by atoms with E-state index in [0.29, 0.717) is 19.6 Å². The van der Waals surface area contributed by atoms with Crippen molar-refractivity contribution in [3.8, 4) is 0 Å². The number of hydrogen-bond acceptors (Lipinski definition) is 3. The highest BCUT2D eigenvalue weighted by molar-refractivity contribution is 5.75. The zero-order chi connectivity index (χ0) is 15.0. The van der Waals surface area contributed by atoms with Crippen LogP contribution >= 0.6 is 0 Å². The lowest BCUT2D eigenvalue weighted by atomic mass is 10.2. The smallest absolute Gasteiger partial charge is 0.315 e. The van der Waals surface area contributed by atoms with Gasteiger partial charge in [0.15, 0.2) is 0 Å². The zero-order valence-electron chi connectivity index (χ0n) is 12.2. The van der Waals surface area contributed by atoms with Crippen LogP contribution in [0.3, 0.4) is 0 Å². The summed E-state index contributed by atoms with van der Waals surface area (Å²) >= 11 is 0. The number of amides is 3. The van der Waals surface area contributed by atoms with E-state index in [1.807, 2.05) is 26.0 Å². The normalized spacial score (nSPS) is 10.2. The van der Waals surface area contributed by atoms with Crippen molar-refractivity contribution >= 4 is 11.9 Å². The maximum absolute atomic E-state index is 11.6. The Morgan fingerprint density at radius 1 is 1.40 bits per heavy atom. The predicted molar refractivity (Wildman–Crippen MR) is 77.0 cm³/mol. The van der Waals surface area contributed by atoms with E-state index in [1.54, 1.807) is 17.3 Å². The van der Waals surface area contributed by atoms with Crippen LogP contribution in [0.4, 0.5) is 4.79 Å². The minimum atomic E-state index is -0.218. The number of nitrogens with zero attached hydrogens (tertiary/aromatic N) is 2. The molecule has 0 saturated carbocycles. The van der Waals surface area contributed by atoms with Crippen LogP contribution in [-0.4, -0.2) is 41.0 Å². The van der Waals surface area contributed by atoms with Crippen molar-refractivity contribution in [1.29, 1.82) is 0 Å². The van der Waals surface area contributed by atoms with Gasteiger partial charge in [0.1, 0.15) is 0 Å². The summed E-state index contributed by atoms with van der Waals surface area (Å²) < 4.78 is 0. The Balaban J connectivity index is 2.40. The fourth-order valence-corrected chi connectivity index (χ4v) is 1.68. The molecule has 0 aromatic carbocycles. The van der Waals surface area contributed by atoms with Crippen molar-refractivity contribution in [2.75, 3.05) is 13.1 Å². The molecule has 3 amide bonds. The lowest BCUT2D eigenvalue weighted by Gasteiger charge is -2.21. The monoisotopic (exact) mass is 278 g/mol. The molecule has 6 nitrogen and oxygen atoms in total. The lowest BCUT2D eigenvalue weighted by molar-refractivity contribution is -0.129. The molecular weight excluding hydrogens is 256 g/mol. The van der Waals surface area contributed by atoms with Gasteiger partial charge in [-0.2, -0.15) is 0 Å². The minimum absolute atomic E-state index is 0.0279. The fourth-order valence-electron chi connectivity index (χ4n) is 1.68. The number of carbonyl (C=O) groups excluding carboxylic acids is 2. The highest BCUT2D eigenvalue weighted by Crippen LogP contribution is 2.02. The molecule has 0 aliphatic rings. The maximum atomic E-state index is 11.6. The second kappa shape index (κ2) is 8.14. The Kier molecular flexibility index (Phi) is 6.49. The van der Waals surface area contributed by atoms with Crippen LogP contribution in [0.25, 0.3) is 0 Å². The summed E-state index contributed by atoms with van der Waals surface area (Å²) in [6, 6.07) is 3.63. The highest BCUT2D eigenvalue weighted by atomic mass is 16.2. The molecule has 1 aromatic rings. The number of rotatable bonds is 6. The number of aromatic nitrogens is 1.